The summed E-state index contributed by atoms with van der Waals surface area (Å²) in [6.07, 6.45) is 13.9. The molecule has 6 atom stereocenters. The summed E-state index contributed by atoms with van der Waals surface area (Å²) >= 11 is 0. The topological polar surface area (TPSA) is 77.8 Å². The first-order valence-corrected chi connectivity index (χ1v) is 10.8. The maximum Gasteiger partial charge on any atom is 0.139 e. The molecule has 148 valence electrons. The van der Waals surface area contributed by atoms with Crippen molar-refractivity contribution in [3.05, 3.63) is 12.2 Å². The Morgan fingerprint density at radius 1 is 1.04 bits per heavy atom. The predicted molar refractivity (Wildman–Crippen MR) is 101 cm³/mol. The van der Waals surface area contributed by atoms with Gasteiger partial charge in [0.15, 0.2) is 0 Å². The van der Waals surface area contributed by atoms with Crippen molar-refractivity contribution in [1.29, 1.82) is 0 Å². The Morgan fingerprint density at radius 2 is 1.69 bits per heavy atom. The summed E-state index contributed by atoms with van der Waals surface area (Å²) in [6.45, 7) is 0.255. The van der Waals surface area contributed by atoms with Gasteiger partial charge in [-0.2, -0.15) is 0 Å². The SMILES string of the molecule is O=C1C[C@@H](O)[C@H](/C=C/[C@@H](O)C2CC3CCC3C2)[C@H]1CCCCCCCO. The number of ketones is 1. The molecule has 2 unspecified atom stereocenters. The van der Waals surface area contributed by atoms with Crippen molar-refractivity contribution >= 4 is 5.78 Å². The second-order valence-corrected chi connectivity index (χ2v) is 8.91. The minimum Gasteiger partial charge on any atom is -0.396 e. The van der Waals surface area contributed by atoms with Gasteiger partial charge in [-0.3, -0.25) is 4.79 Å². The maximum atomic E-state index is 12.3. The third-order valence-corrected chi connectivity index (χ3v) is 7.21. The molecule has 0 aromatic heterocycles. The van der Waals surface area contributed by atoms with E-state index in [1.165, 1.54) is 12.8 Å². The first-order valence-electron chi connectivity index (χ1n) is 10.8. The van der Waals surface area contributed by atoms with Crippen LogP contribution in [0.2, 0.25) is 0 Å². The Labute approximate surface area is 157 Å². The van der Waals surface area contributed by atoms with Crippen LogP contribution in [0.15, 0.2) is 12.2 Å². The van der Waals surface area contributed by atoms with E-state index in [1.54, 1.807) is 0 Å². The highest BCUT2D eigenvalue weighted by atomic mass is 16.3. The highest BCUT2D eigenvalue weighted by Gasteiger charge is 2.43. The summed E-state index contributed by atoms with van der Waals surface area (Å²) in [4.78, 5) is 12.3. The molecule has 0 aliphatic heterocycles. The average Bonchev–Trinajstić information content (AvgIpc) is 3.04. The van der Waals surface area contributed by atoms with E-state index in [1.807, 2.05) is 12.2 Å². The largest absolute Gasteiger partial charge is 0.396 e. The predicted octanol–water partition coefficient (Wildman–Crippen LogP) is 3.24. The van der Waals surface area contributed by atoms with Crippen LogP contribution in [0.4, 0.5) is 0 Å². The Hall–Kier alpha value is -0.710. The second-order valence-electron chi connectivity index (χ2n) is 8.91. The van der Waals surface area contributed by atoms with E-state index >= 15 is 0 Å². The normalized spacial score (nSPS) is 37.9. The van der Waals surface area contributed by atoms with Crippen LogP contribution in [-0.4, -0.2) is 39.9 Å². The standard InChI is InChI=1S/C22H36O4/c23-11-5-3-1-2-4-6-18-19(22(26)14-21(18)25)9-10-20(24)17-12-15-7-8-16(15)13-17/h9-10,15-20,22-24,26H,1-8,11-14H2/b10-9+/t15?,16?,17?,18-,19-,20-,22-/m1/s1. The highest BCUT2D eigenvalue weighted by Crippen LogP contribution is 2.50. The van der Waals surface area contributed by atoms with Crippen LogP contribution in [0.5, 0.6) is 0 Å². The Morgan fingerprint density at radius 3 is 2.35 bits per heavy atom. The van der Waals surface area contributed by atoms with Gasteiger partial charge < -0.3 is 15.3 Å². The van der Waals surface area contributed by atoms with E-state index in [4.69, 9.17) is 5.11 Å². The minimum atomic E-state index is -0.593. The lowest BCUT2D eigenvalue weighted by Crippen LogP contribution is -2.21. The van der Waals surface area contributed by atoms with Crippen molar-refractivity contribution < 1.29 is 20.1 Å². The van der Waals surface area contributed by atoms with Crippen molar-refractivity contribution in [3.63, 3.8) is 0 Å². The molecule has 3 rings (SSSR count). The molecule has 4 heteroatoms. The second kappa shape index (κ2) is 9.48. The molecule has 0 radical (unpaired) electrons. The lowest BCUT2D eigenvalue weighted by atomic mass is 9.77. The van der Waals surface area contributed by atoms with Gasteiger partial charge in [-0.1, -0.05) is 37.8 Å². The van der Waals surface area contributed by atoms with Crippen LogP contribution in [0, 0.1) is 29.6 Å². The van der Waals surface area contributed by atoms with Gasteiger partial charge in [0.1, 0.15) is 5.78 Å². The molecule has 0 saturated heterocycles. The maximum absolute atomic E-state index is 12.3. The monoisotopic (exact) mass is 364 g/mol. The summed E-state index contributed by atoms with van der Waals surface area (Å²) in [7, 11) is 0. The lowest BCUT2D eigenvalue weighted by Gasteiger charge is -2.29. The van der Waals surface area contributed by atoms with E-state index in [9.17, 15) is 15.0 Å². The molecule has 0 aromatic rings. The first-order chi connectivity index (χ1) is 12.6. The van der Waals surface area contributed by atoms with E-state index < -0.39 is 12.2 Å². The Bertz CT molecular complexity index is 477. The van der Waals surface area contributed by atoms with Crippen LogP contribution in [-0.2, 0) is 4.79 Å². The van der Waals surface area contributed by atoms with Crippen LogP contribution in [0.25, 0.3) is 0 Å². The summed E-state index contributed by atoms with van der Waals surface area (Å²) in [6, 6.07) is 0. The number of hydrogen-bond acceptors (Lipinski definition) is 4. The number of carbonyl (C=O) groups excluding carboxylic acids is 1. The van der Waals surface area contributed by atoms with Crippen LogP contribution < -0.4 is 0 Å². The molecule has 3 aliphatic carbocycles. The van der Waals surface area contributed by atoms with Gasteiger partial charge in [0.2, 0.25) is 0 Å². The molecule has 3 aliphatic rings. The number of rotatable bonds is 10. The summed E-state index contributed by atoms with van der Waals surface area (Å²) in [5.74, 6) is 1.98. The molecule has 3 fully saturated rings. The summed E-state index contributed by atoms with van der Waals surface area (Å²) in [5, 5.41) is 29.6. The van der Waals surface area contributed by atoms with Gasteiger partial charge in [0, 0.05) is 24.9 Å². The number of carbonyl (C=O) groups is 1. The van der Waals surface area contributed by atoms with Gasteiger partial charge in [0.25, 0.3) is 0 Å². The summed E-state index contributed by atoms with van der Waals surface area (Å²) in [5.41, 5.74) is 0. The molecule has 4 nitrogen and oxygen atoms in total. The Kier molecular flexibility index (Phi) is 7.30. The smallest absolute Gasteiger partial charge is 0.139 e. The van der Waals surface area contributed by atoms with Crippen LogP contribution in [0.1, 0.15) is 70.6 Å². The minimum absolute atomic E-state index is 0.0916. The van der Waals surface area contributed by atoms with E-state index in [-0.39, 0.29) is 30.6 Å². The van der Waals surface area contributed by atoms with Gasteiger partial charge in [-0.25, -0.2) is 0 Å². The highest BCUT2D eigenvalue weighted by molar-refractivity contribution is 5.84. The van der Waals surface area contributed by atoms with Gasteiger partial charge in [-0.15, -0.1) is 0 Å². The van der Waals surface area contributed by atoms with Crippen LogP contribution >= 0.6 is 0 Å². The fourth-order valence-electron chi connectivity index (χ4n) is 5.41. The number of unbranched alkanes of at least 4 members (excludes halogenated alkanes) is 4. The quantitative estimate of drug-likeness (QED) is 0.411. The third kappa shape index (κ3) is 4.76. The summed E-state index contributed by atoms with van der Waals surface area (Å²) < 4.78 is 0. The molecule has 26 heavy (non-hydrogen) atoms. The van der Waals surface area contributed by atoms with E-state index in [2.05, 4.69) is 0 Å². The molecular formula is C22H36O4. The molecule has 0 bridgehead atoms. The molecule has 3 N–H and O–H groups in total. The molecule has 3 saturated carbocycles. The van der Waals surface area contributed by atoms with Crippen molar-refractivity contribution in [2.24, 2.45) is 29.6 Å². The average molecular weight is 365 g/mol. The zero-order valence-electron chi connectivity index (χ0n) is 15.9. The number of Topliss-reactive ketones (excluding diaryl/α,β-unsaturated/α-hetero) is 1. The van der Waals surface area contributed by atoms with E-state index in [0.717, 1.165) is 63.2 Å². The van der Waals surface area contributed by atoms with Gasteiger partial charge >= 0.3 is 0 Å². The van der Waals surface area contributed by atoms with Crippen molar-refractivity contribution in [2.75, 3.05) is 6.61 Å². The Balaban J connectivity index is 1.46. The zero-order chi connectivity index (χ0) is 18.5. The van der Waals surface area contributed by atoms with Gasteiger partial charge in [-0.05, 0) is 56.3 Å². The van der Waals surface area contributed by atoms with E-state index in [0.29, 0.717) is 5.92 Å². The molecule has 0 spiro atoms. The van der Waals surface area contributed by atoms with Gasteiger partial charge in [0.05, 0.1) is 12.2 Å². The first kappa shape index (κ1) is 20.0. The van der Waals surface area contributed by atoms with Crippen molar-refractivity contribution in [2.45, 2.75) is 82.8 Å². The number of aliphatic hydroxyl groups is 3. The molecule has 0 amide bonds. The molecule has 0 aromatic carbocycles. The number of hydrogen-bond donors (Lipinski definition) is 3. The zero-order valence-corrected chi connectivity index (χ0v) is 15.9. The fraction of sp³-hybridized carbons (Fsp3) is 0.864. The number of aliphatic hydroxyl groups excluding tert-OH is 3. The molecule has 0 heterocycles. The van der Waals surface area contributed by atoms with Crippen molar-refractivity contribution in [3.8, 4) is 0 Å². The third-order valence-electron chi connectivity index (χ3n) is 7.21. The lowest BCUT2D eigenvalue weighted by molar-refractivity contribution is -0.121. The molecular weight excluding hydrogens is 328 g/mol. The fourth-order valence-corrected chi connectivity index (χ4v) is 5.41. The van der Waals surface area contributed by atoms with Crippen LogP contribution in [0.3, 0.4) is 0 Å². The number of fused-ring (bicyclic) bond motifs is 1. The van der Waals surface area contributed by atoms with Crippen molar-refractivity contribution in [1.82, 2.24) is 0 Å².